The van der Waals surface area contributed by atoms with E-state index >= 15 is 0 Å². The van der Waals surface area contributed by atoms with Gasteiger partial charge in [-0.1, -0.05) is 0 Å². The number of ether oxygens (including phenoxy) is 7. The average molecular weight is 1710 g/mol. The van der Waals surface area contributed by atoms with Gasteiger partial charge in [-0.15, -0.1) is 0 Å². The van der Waals surface area contributed by atoms with E-state index in [1.807, 2.05) is 0 Å². The van der Waals surface area contributed by atoms with Crippen molar-refractivity contribution in [1.82, 2.24) is 0 Å². The fraction of sp³-hybridized carbons (Fsp3) is 1.00. The Balaban J connectivity index is 2.17. The fourth-order valence-corrected chi connectivity index (χ4v) is 13.9. The van der Waals surface area contributed by atoms with Crippen LogP contribution >= 0.6 is 0 Å². The molecule has 97 heavy (non-hydrogen) atoms. The molecule has 576 valence electrons. The summed E-state index contributed by atoms with van der Waals surface area (Å²) in [6.07, 6.45) is -71.6. The van der Waals surface area contributed by atoms with E-state index in [0.29, 0.717) is 0 Å². The van der Waals surface area contributed by atoms with Crippen LogP contribution in [0.2, 0.25) is 0 Å². The summed E-state index contributed by atoms with van der Waals surface area (Å²) >= 11 is 0. The van der Waals surface area contributed by atoms with Crippen LogP contribution in [0.4, 0.5) is 0 Å². The third-order valence-corrected chi connectivity index (χ3v) is 16.8. The molecule has 0 spiro atoms. The largest absolute Gasteiger partial charge is 0.397 e. The molecule has 4 heterocycles. The first kappa shape index (κ1) is 87.4. The Labute approximate surface area is 542 Å². The van der Waals surface area contributed by atoms with Crippen LogP contribution in [0, 0.1) is 0 Å². The third kappa shape index (κ3) is 31.5. The normalized spacial score (nSPS) is 33.1. The van der Waals surface area contributed by atoms with E-state index in [-0.39, 0.29) is 0 Å². The highest BCUT2D eigenvalue weighted by molar-refractivity contribution is 7.83. The molecule has 0 bridgehead atoms. The first-order valence-corrected chi connectivity index (χ1v) is 40.4. The number of aliphatic hydroxyl groups excluding tert-OH is 1. The van der Waals surface area contributed by atoms with Gasteiger partial charge in [-0.05, 0) is 0 Å². The summed E-state index contributed by atoms with van der Waals surface area (Å²) in [6, 6.07) is 0. The van der Waals surface area contributed by atoms with Crippen LogP contribution in [0.1, 0.15) is 0 Å². The summed E-state index contributed by atoms with van der Waals surface area (Å²) in [7, 11) is -83.2. The monoisotopic (exact) mass is 1710 g/mol. The Hall–Kier alpha value is -2.01. The second-order valence-electron chi connectivity index (χ2n) is 17.7. The summed E-state index contributed by atoms with van der Waals surface area (Å²) < 4.78 is 534. The van der Waals surface area contributed by atoms with Crippen molar-refractivity contribution in [1.29, 1.82) is 0 Å². The molecule has 4 aliphatic rings. The van der Waals surface area contributed by atoms with E-state index in [0.717, 1.165) is 0 Å². The molecule has 14 N–H and O–H groups in total. The summed E-state index contributed by atoms with van der Waals surface area (Å²) in [4.78, 5) is 0. The van der Waals surface area contributed by atoms with Gasteiger partial charge in [0.2, 0.25) is 0 Å². The molecule has 0 unspecified atom stereocenters. The van der Waals surface area contributed by atoms with E-state index in [9.17, 15) is 174 Å². The van der Waals surface area contributed by atoms with Crippen molar-refractivity contribution in [2.75, 3.05) is 26.4 Å². The van der Waals surface area contributed by atoms with Crippen LogP contribution < -0.4 is 0 Å². The molecule has 0 aromatic rings. The zero-order chi connectivity index (χ0) is 75.0. The summed E-state index contributed by atoms with van der Waals surface area (Å²) in [5.41, 5.74) is 0. The number of rotatable bonds is 36. The second kappa shape index (κ2) is 31.8. The highest BCUT2D eigenvalue weighted by Crippen LogP contribution is 2.41. The summed E-state index contributed by atoms with van der Waals surface area (Å²) in [5, 5.41) is 10.6. The molecule has 4 fully saturated rings. The molecular weight excluding hydrogens is 1670 g/mol. The average Bonchev–Trinajstić information content (AvgIpc) is 0.761. The van der Waals surface area contributed by atoms with E-state index < -0.39 is 284 Å². The van der Waals surface area contributed by atoms with E-state index in [1.54, 1.807) is 0 Å². The van der Waals surface area contributed by atoms with Crippen LogP contribution in [0.15, 0.2) is 0 Å². The van der Waals surface area contributed by atoms with Gasteiger partial charge in [0.25, 0.3) is 0 Å². The summed E-state index contributed by atoms with van der Waals surface area (Å²) in [6.45, 7) is -8.99. The van der Waals surface area contributed by atoms with E-state index in [2.05, 4.69) is 54.4 Å². The van der Waals surface area contributed by atoms with Crippen molar-refractivity contribution >= 4 is 135 Å². The van der Waals surface area contributed by atoms with Gasteiger partial charge < -0.3 is 38.3 Å². The Morgan fingerprint density at radius 1 is 0.206 bits per heavy atom. The van der Waals surface area contributed by atoms with Gasteiger partial charge in [-0.2, -0.15) is 109 Å². The van der Waals surface area contributed by atoms with Crippen molar-refractivity contribution in [2.45, 2.75) is 123 Å². The van der Waals surface area contributed by atoms with Gasteiger partial charge in [-0.3, -0.25) is 59.2 Å². The maximum absolute atomic E-state index is 12.7. The minimum Gasteiger partial charge on any atom is -0.366 e. The van der Waals surface area contributed by atoms with Crippen LogP contribution in [-0.4, -0.2) is 323 Å². The SMILES string of the molecule is O=S(=O)(O)OC[C@H]1O[C@@H](O)[C@H](OS(=O)(=O)O)[C@@H](OS(=O)(=O)O)[C@@H]1O[C@H]1O[C@H](COS(=O)(=O)O)[C@@H](O[C@H]2O[C@H](COS(=O)(=O)O)[C@@H](O[C@H]3O[C@H](COS(=O)(=O)O)[C@@H](OS(=O)(=O)O)[C@H](OS(=O)(=O)O)[C@H]3OS(=O)(=O)O)[C@H](OS(=O)(=O)O)[C@H]2OS(=O)(=O)O)[C@H](OS(=O)(=O)O)[C@H]1OS(=O)(=O)O. The minimum atomic E-state index is -6.76. The molecule has 0 aromatic heterocycles. The first-order chi connectivity index (χ1) is 43.0. The third-order valence-electron chi connectivity index (χ3n) is 10.9. The Morgan fingerprint density at radius 3 is 0.588 bits per heavy atom. The van der Waals surface area contributed by atoms with Gasteiger partial charge in [0.05, 0.1) is 26.4 Å². The minimum absolute atomic E-state index is 2.05. The molecule has 4 rings (SSSR count). The van der Waals surface area contributed by atoms with Crippen molar-refractivity contribution in [3.63, 3.8) is 0 Å². The molecule has 0 aliphatic carbocycles. The van der Waals surface area contributed by atoms with E-state index in [4.69, 9.17) is 33.2 Å². The first-order valence-electron chi connectivity index (χ1n) is 22.7. The maximum Gasteiger partial charge on any atom is 0.397 e. The van der Waals surface area contributed by atoms with Crippen LogP contribution in [0.3, 0.4) is 0 Å². The van der Waals surface area contributed by atoms with Gasteiger partial charge >= 0.3 is 135 Å². The molecule has 60 nitrogen and oxygen atoms in total. The van der Waals surface area contributed by atoms with Gasteiger partial charge in [0.15, 0.2) is 49.6 Å². The fourth-order valence-electron chi connectivity index (χ4n) is 8.19. The topological polar surface area (TPSA) is 912 Å². The maximum atomic E-state index is 12.7. The molecule has 0 radical (unpaired) electrons. The summed E-state index contributed by atoms with van der Waals surface area (Å²) in [5.74, 6) is 0. The lowest BCUT2D eigenvalue weighted by molar-refractivity contribution is -0.378. The van der Waals surface area contributed by atoms with Gasteiger partial charge in [0, 0.05) is 0 Å². The zero-order valence-electron chi connectivity index (χ0n) is 44.7. The predicted octanol–water partition coefficient (Wildman–Crippen LogP) is -12.0. The van der Waals surface area contributed by atoms with Gasteiger partial charge in [-0.25, -0.2) is 54.4 Å². The van der Waals surface area contributed by atoms with Crippen LogP contribution in [0.5, 0.6) is 0 Å². The molecule has 0 aromatic carbocycles. The molecule has 0 amide bonds. The highest BCUT2D eigenvalue weighted by atomic mass is 32.3. The standard InChI is InChI=1S/C24H42O60S13/c25-21-17(81-94(53,54)55)13(77-90(41,42)43)9(5(69-21)1-65-85(26,27)28)73-22-18(82-95(56,57)58)14(78-91(44,45)46)10(6(70-22)2-66-86(29,30)31)74-23-19(83-96(59,60)61)15(79-92(47,48)49)11(7(71-23)3-67-87(32,33)34)75-24-20(84-97(62,63)64)16(80-93(50,51)52)12(76-89(38,39)40)8(72-24)4-68-88(35,36)37/h5-25H,1-4H2,(H,26,27,28)(H,29,30,31)(H,32,33,34)(H,35,36,37)(H,38,39,40)(H,41,42,43)(H,44,45,46)(H,47,48,49)(H,50,51,52)(H,53,54,55)(H,56,57,58)(H,59,60,61)(H,62,63,64)/t5-,6-,7-,8-,9-,10-,11-,12-,13+,14+,15+,16+,17-,18-,19-,20-,21-,22-,23-,24-/m1/s1. The quantitative estimate of drug-likeness (QED) is 0.0259. The zero-order valence-corrected chi connectivity index (χ0v) is 55.3. The highest BCUT2D eigenvalue weighted by Gasteiger charge is 2.63. The van der Waals surface area contributed by atoms with Crippen molar-refractivity contribution in [2.24, 2.45) is 0 Å². The van der Waals surface area contributed by atoms with Crippen LogP contribution in [0.25, 0.3) is 0 Å². The van der Waals surface area contributed by atoms with Crippen molar-refractivity contribution in [3.05, 3.63) is 0 Å². The second-order valence-corrected chi connectivity index (χ2v) is 31.5. The smallest absolute Gasteiger partial charge is 0.366 e. The molecular formula is C24H42O60S13. The van der Waals surface area contributed by atoms with Crippen molar-refractivity contribution in [3.8, 4) is 0 Å². The van der Waals surface area contributed by atoms with E-state index in [1.165, 1.54) is 0 Å². The van der Waals surface area contributed by atoms with Crippen molar-refractivity contribution < 1.29 is 261 Å². The number of hydrogen-bond acceptors (Lipinski definition) is 47. The molecule has 20 atom stereocenters. The predicted molar refractivity (Wildman–Crippen MR) is 269 cm³/mol. The number of hydrogen-bond donors (Lipinski definition) is 14. The Kier molecular flexibility index (Phi) is 28.6. The number of aliphatic hydroxyl groups is 1. The molecule has 0 saturated carbocycles. The molecule has 73 heteroatoms. The Morgan fingerprint density at radius 2 is 0.371 bits per heavy atom. The lowest BCUT2D eigenvalue weighted by Crippen LogP contribution is -2.69. The van der Waals surface area contributed by atoms with Gasteiger partial charge in [0.1, 0.15) is 73.2 Å². The molecule has 4 saturated heterocycles. The molecule has 4 aliphatic heterocycles. The lowest BCUT2D eigenvalue weighted by atomic mass is 9.95. The van der Waals surface area contributed by atoms with Crippen LogP contribution in [-0.2, 0) is 223 Å². The lowest BCUT2D eigenvalue weighted by Gasteiger charge is -2.50. The Bertz CT molecular complexity index is 4320.